The zero-order chi connectivity index (χ0) is 16.5. The van der Waals surface area contributed by atoms with E-state index < -0.39 is 6.09 Å². The highest BCUT2D eigenvalue weighted by atomic mass is 16.5. The Morgan fingerprint density at radius 2 is 2.14 bits per heavy atom. The summed E-state index contributed by atoms with van der Waals surface area (Å²) < 4.78 is 6.54. The molecule has 22 heavy (non-hydrogen) atoms. The van der Waals surface area contributed by atoms with Gasteiger partial charge in [0.25, 0.3) is 0 Å². The molecule has 0 spiro atoms. The summed E-state index contributed by atoms with van der Waals surface area (Å²) in [7, 11) is 1.81. The Kier molecular flexibility index (Phi) is 7.42. The molecule has 0 aliphatic heterocycles. The first-order valence-corrected chi connectivity index (χ1v) is 7.58. The van der Waals surface area contributed by atoms with Crippen LogP contribution in [-0.2, 0) is 23.0 Å². The van der Waals surface area contributed by atoms with E-state index in [4.69, 9.17) is 4.74 Å². The minimum absolute atomic E-state index is 0.0904. The van der Waals surface area contributed by atoms with Gasteiger partial charge in [0.2, 0.25) is 5.91 Å². The Hall–Kier alpha value is -2.05. The molecule has 0 saturated carbocycles. The summed E-state index contributed by atoms with van der Waals surface area (Å²) in [5.74, 6) is 0.314. The minimum atomic E-state index is -0.449. The lowest BCUT2D eigenvalue weighted by Crippen LogP contribution is -2.44. The largest absolute Gasteiger partial charge is 0.450 e. The zero-order valence-electron chi connectivity index (χ0n) is 13.8. The van der Waals surface area contributed by atoms with E-state index in [1.807, 2.05) is 13.2 Å². The molecule has 0 fully saturated rings. The minimum Gasteiger partial charge on any atom is -0.450 e. The lowest BCUT2D eigenvalue weighted by atomic mass is 10.0. The predicted molar refractivity (Wildman–Crippen MR) is 83.3 cm³/mol. The molecule has 7 nitrogen and oxygen atoms in total. The molecule has 1 unspecified atom stereocenters. The van der Waals surface area contributed by atoms with Gasteiger partial charge in [-0.25, -0.2) is 4.79 Å². The fourth-order valence-corrected chi connectivity index (χ4v) is 2.15. The number of carbonyl (C=O) groups excluding carboxylic acids is 2. The van der Waals surface area contributed by atoms with Crippen LogP contribution in [0.2, 0.25) is 0 Å². The van der Waals surface area contributed by atoms with E-state index in [1.165, 1.54) is 0 Å². The normalized spacial score (nSPS) is 12.0. The van der Waals surface area contributed by atoms with Crippen molar-refractivity contribution >= 4 is 12.0 Å². The van der Waals surface area contributed by atoms with Crippen molar-refractivity contribution in [2.45, 2.75) is 39.7 Å². The number of amides is 2. The number of aryl methyl sites for hydroxylation is 1. The van der Waals surface area contributed by atoms with E-state index in [-0.39, 0.29) is 18.4 Å². The molecule has 0 aliphatic carbocycles. The van der Waals surface area contributed by atoms with Gasteiger partial charge in [-0.15, -0.1) is 0 Å². The number of ether oxygens (including phenoxy) is 1. The number of nitrogens with one attached hydrogen (secondary N) is 2. The Balaban J connectivity index is 2.43. The van der Waals surface area contributed by atoms with Gasteiger partial charge in [0.15, 0.2) is 0 Å². The van der Waals surface area contributed by atoms with Crippen LogP contribution >= 0.6 is 0 Å². The molecule has 2 amide bonds. The number of hydrogen-bond donors (Lipinski definition) is 2. The summed E-state index contributed by atoms with van der Waals surface area (Å²) in [5.41, 5.74) is 0.860. The molecular formula is C15H26N4O3. The van der Waals surface area contributed by atoms with E-state index in [1.54, 1.807) is 17.8 Å². The molecule has 7 heteroatoms. The third-order valence-electron chi connectivity index (χ3n) is 3.02. The summed E-state index contributed by atoms with van der Waals surface area (Å²) in [5, 5.41) is 9.65. The second-order valence-corrected chi connectivity index (χ2v) is 5.69. The van der Waals surface area contributed by atoms with Gasteiger partial charge in [-0.3, -0.25) is 9.48 Å². The van der Waals surface area contributed by atoms with Gasteiger partial charge in [0.05, 0.1) is 19.2 Å². The number of alkyl carbamates (subject to hydrolysis) is 1. The molecule has 1 atom stereocenters. The van der Waals surface area contributed by atoms with Gasteiger partial charge in [-0.05, 0) is 24.8 Å². The topological polar surface area (TPSA) is 85.2 Å². The number of aromatic nitrogens is 2. The van der Waals surface area contributed by atoms with Crippen LogP contribution in [0.15, 0.2) is 12.4 Å². The lowest BCUT2D eigenvalue weighted by Gasteiger charge is -2.20. The maximum absolute atomic E-state index is 11.9. The van der Waals surface area contributed by atoms with Gasteiger partial charge in [-0.1, -0.05) is 13.8 Å². The molecule has 2 N–H and O–H groups in total. The first-order chi connectivity index (χ1) is 10.4. The predicted octanol–water partition coefficient (Wildman–Crippen LogP) is 1.24. The van der Waals surface area contributed by atoms with Crippen LogP contribution in [0.25, 0.3) is 0 Å². The SMILES string of the molecule is CCOC(=O)NC(CNC(=O)Cc1cnn(C)c1)CC(C)C. The molecule has 1 rings (SSSR count). The van der Waals surface area contributed by atoms with Crippen molar-refractivity contribution < 1.29 is 14.3 Å². The molecule has 1 aromatic rings. The van der Waals surface area contributed by atoms with Crippen molar-refractivity contribution in [3.8, 4) is 0 Å². The number of rotatable bonds is 8. The summed E-state index contributed by atoms with van der Waals surface area (Å²) in [6, 6.07) is -0.142. The molecule has 124 valence electrons. The maximum atomic E-state index is 11.9. The monoisotopic (exact) mass is 310 g/mol. The van der Waals surface area contributed by atoms with Crippen LogP contribution in [0.3, 0.4) is 0 Å². The van der Waals surface area contributed by atoms with Crippen LogP contribution in [0, 0.1) is 5.92 Å². The molecule has 0 aromatic carbocycles. The van der Waals surface area contributed by atoms with E-state index >= 15 is 0 Å². The second kappa shape index (κ2) is 9.07. The van der Waals surface area contributed by atoms with Crippen molar-refractivity contribution in [3.05, 3.63) is 18.0 Å². The molecular weight excluding hydrogens is 284 g/mol. The second-order valence-electron chi connectivity index (χ2n) is 5.69. The van der Waals surface area contributed by atoms with E-state index in [0.29, 0.717) is 19.1 Å². The zero-order valence-corrected chi connectivity index (χ0v) is 13.8. The van der Waals surface area contributed by atoms with Crippen LogP contribution < -0.4 is 10.6 Å². The van der Waals surface area contributed by atoms with Crippen LogP contribution in [0.4, 0.5) is 4.79 Å². The number of hydrogen-bond acceptors (Lipinski definition) is 4. The van der Waals surface area contributed by atoms with Gasteiger partial charge < -0.3 is 15.4 Å². The van der Waals surface area contributed by atoms with Crippen molar-refractivity contribution in [2.24, 2.45) is 13.0 Å². The van der Waals surface area contributed by atoms with E-state index in [9.17, 15) is 9.59 Å². The summed E-state index contributed by atoms with van der Waals surface area (Å²) in [6.07, 6.45) is 4.08. The molecule has 0 bridgehead atoms. The average molecular weight is 310 g/mol. The summed E-state index contributed by atoms with van der Waals surface area (Å²) in [4.78, 5) is 23.4. The van der Waals surface area contributed by atoms with Crippen molar-refractivity contribution in [2.75, 3.05) is 13.2 Å². The third-order valence-corrected chi connectivity index (χ3v) is 3.02. The Morgan fingerprint density at radius 3 is 2.68 bits per heavy atom. The quantitative estimate of drug-likeness (QED) is 0.756. The third kappa shape index (κ3) is 7.10. The van der Waals surface area contributed by atoms with Crippen LogP contribution in [0.5, 0.6) is 0 Å². The lowest BCUT2D eigenvalue weighted by molar-refractivity contribution is -0.120. The Bertz CT molecular complexity index is 485. The van der Waals surface area contributed by atoms with Crippen molar-refractivity contribution in [1.29, 1.82) is 0 Å². The van der Waals surface area contributed by atoms with Gasteiger partial charge in [-0.2, -0.15) is 5.10 Å². The molecule has 0 radical (unpaired) electrons. The molecule has 0 saturated heterocycles. The number of nitrogens with zero attached hydrogens (tertiary/aromatic N) is 2. The Labute approximate surface area is 131 Å². The van der Waals surface area contributed by atoms with Crippen LogP contribution in [-0.4, -0.2) is 41.0 Å². The molecule has 1 heterocycles. The summed E-state index contributed by atoms with van der Waals surface area (Å²) >= 11 is 0. The van der Waals surface area contributed by atoms with Gasteiger partial charge >= 0.3 is 6.09 Å². The summed E-state index contributed by atoms with van der Waals surface area (Å²) in [6.45, 7) is 6.60. The highest BCUT2D eigenvalue weighted by molar-refractivity contribution is 5.78. The smallest absolute Gasteiger partial charge is 0.407 e. The standard InChI is InChI=1S/C15H26N4O3/c1-5-22-15(21)18-13(6-11(2)3)9-16-14(20)7-12-8-17-19(4)10-12/h8,10-11,13H,5-7,9H2,1-4H3,(H,16,20)(H,18,21). The highest BCUT2D eigenvalue weighted by Crippen LogP contribution is 2.05. The first-order valence-electron chi connectivity index (χ1n) is 7.58. The van der Waals surface area contributed by atoms with Gasteiger partial charge in [0.1, 0.15) is 0 Å². The average Bonchev–Trinajstić information content (AvgIpc) is 2.81. The number of carbonyl (C=O) groups is 2. The van der Waals surface area contributed by atoms with Crippen LogP contribution in [0.1, 0.15) is 32.8 Å². The van der Waals surface area contributed by atoms with Crippen molar-refractivity contribution in [1.82, 2.24) is 20.4 Å². The van der Waals surface area contributed by atoms with E-state index in [2.05, 4.69) is 29.6 Å². The van der Waals surface area contributed by atoms with Gasteiger partial charge in [0, 0.05) is 25.8 Å². The highest BCUT2D eigenvalue weighted by Gasteiger charge is 2.16. The van der Waals surface area contributed by atoms with Crippen molar-refractivity contribution in [3.63, 3.8) is 0 Å². The fraction of sp³-hybridized carbons (Fsp3) is 0.667. The fourth-order valence-electron chi connectivity index (χ4n) is 2.15. The van der Waals surface area contributed by atoms with E-state index in [0.717, 1.165) is 12.0 Å². The Morgan fingerprint density at radius 1 is 1.41 bits per heavy atom. The maximum Gasteiger partial charge on any atom is 0.407 e. The molecule has 1 aromatic heterocycles. The first kappa shape index (κ1) is 18.0. The molecule has 0 aliphatic rings.